The van der Waals surface area contributed by atoms with E-state index in [1.54, 1.807) is 10.6 Å². The molecule has 7 heteroatoms. The molecule has 1 N–H and O–H groups in total. The highest BCUT2D eigenvalue weighted by Crippen LogP contribution is 2.20. The van der Waals surface area contributed by atoms with Gasteiger partial charge in [-0.15, -0.1) is 0 Å². The Kier molecular flexibility index (Phi) is 2.39. The molecule has 1 saturated heterocycles. The van der Waals surface area contributed by atoms with E-state index in [1.165, 1.54) is 12.4 Å². The average molecular weight is 250 g/mol. The molecule has 0 aliphatic carbocycles. The van der Waals surface area contributed by atoms with Crippen LogP contribution in [0, 0.1) is 0 Å². The molecule has 1 aliphatic rings. The molecule has 1 unspecified atom stereocenters. The molecule has 0 spiro atoms. The minimum Gasteiger partial charge on any atom is -0.476 e. The van der Waals surface area contributed by atoms with Gasteiger partial charge >= 0.3 is 5.97 Å². The normalized spacial score (nSPS) is 19.6. The number of alkyl halides is 1. The number of imidazole rings is 1. The first-order valence-corrected chi connectivity index (χ1v) is 5.60. The maximum Gasteiger partial charge on any atom is 0.356 e. The van der Waals surface area contributed by atoms with E-state index in [2.05, 4.69) is 9.97 Å². The average Bonchev–Trinajstić information content (AvgIpc) is 2.93. The van der Waals surface area contributed by atoms with Crippen molar-refractivity contribution in [3.05, 3.63) is 24.3 Å². The number of nitrogens with zero attached hydrogens (tertiary/aromatic N) is 4. The Morgan fingerprint density at radius 3 is 3.00 bits per heavy atom. The quantitative estimate of drug-likeness (QED) is 0.860. The van der Waals surface area contributed by atoms with Crippen molar-refractivity contribution in [2.45, 2.75) is 12.6 Å². The van der Waals surface area contributed by atoms with Crippen molar-refractivity contribution in [1.29, 1.82) is 0 Å². The summed E-state index contributed by atoms with van der Waals surface area (Å²) >= 11 is 0. The van der Waals surface area contributed by atoms with Crippen molar-refractivity contribution in [1.82, 2.24) is 14.4 Å². The molecule has 0 aromatic carbocycles. The highest BCUT2D eigenvalue weighted by molar-refractivity contribution is 5.86. The Morgan fingerprint density at radius 2 is 2.33 bits per heavy atom. The molecule has 0 amide bonds. The first kappa shape index (κ1) is 10.9. The number of halogens is 1. The molecule has 1 atom stereocenters. The Balaban J connectivity index is 1.97. The lowest BCUT2D eigenvalue weighted by Gasteiger charge is -2.15. The molecule has 0 saturated carbocycles. The van der Waals surface area contributed by atoms with Crippen molar-refractivity contribution >= 4 is 17.4 Å². The second-order valence-electron chi connectivity index (χ2n) is 4.27. The molecule has 1 aliphatic heterocycles. The number of aromatic carboxylic acids is 1. The third-order valence-corrected chi connectivity index (χ3v) is 3.00. The summed E-state index contributed by atoms with van der Waals surface area (Å²) in [5.41, 5.74) is 0.436. The second kappa shape index (κ2) is 3.94. The first-order valence-electron chi connectivity index (χ1n) is 5.60. The number of hydrogen-bond donors (Lipinski definition) is 1. The zero-order valence-corrected chi connectivity index (χ0v) is 9.45. The van der Waals surface area contributed by atoms with Gasteiger partial charge in [0.15, 0.2) is 11.3 Å². The van der Waals surface area contributed by atoms with Crippen molar-refractivity contribution in [3.8, 4) is 0 Å². The fourth-order valence-corrected chi connectivity index (χ4v) is 2.08. The fourth-order valence-electron chi connectivity index (χ4n) is 2.08. The molecular weight excluding hydrogens is 239 g/mol. The van der Waals surface area contributed by atoms with Gasteiger partial charge in [-0.1, -0.05) is 0 Å². The van der Waals surface area contributed by atoms with Crippen LogP contribution in [0.3, 0.4) is 0 Å². The summed E-state index contributed by atoms with van der Waals surface area (Å²) in [6.07, 6.45) is 4.27. The van der Waals surface area contributed by atoms with E-state index >= 15 is 0 Å². The lowest BCUT2D eigenvalue weighted by atomic mass is 10.3. The Morgan fingerprint density at radius 1 is 1.50 bits per heavy atom. The molecule has 6 nitrogen and oxygen atoms in total. The summed E-state index contributed by atoms with van der Waals surface area (Å²) in [5, 5.41) is 8.85. The molecule has 2 aromatic heterocycles. The van der Waals surface area contributed by atoms with Gasteiger partial charge in [0.2, 0.25) is 0 Å². The van der Waals surface area contributed by atoms with E-state index in [0.717, 1.165) is 0 Å². The standard InChI is InChI=1S/C11H11FN4O2/c12-7-1-2-15(4-7)10-6-16-5-8(11(17)18)14-9(16)3-13-10/h3,5-7H,1-2,4H2,(H,17,18). The highest BCUT2D eigenvalue weighted by Gasteiger charge is 2.23. The molecule has 94 valence electrons. The molecule has 3 rings (SSSR count). The lowest BCUT2D eigenvalue weighted by Crippen LogP contribution is -2.21. The van der Waals surface area contributed by atoms with Gasteiger partial charge < -0.3 is 14.4 Å². The maximum atomic E-state index is 13.1. The summed E-state index contributed by atoms with van der Waals surface area (Å²) in [4.78, 5) is 20.7. The van der Waals surface area contributed by atoms with Gasteiger partial charge in [0, 0.05) is 12.7 Å². The van der Waals surface area contributed by atoms with Crippen LogP contribution in [-0.2, 0) is 0 Å². The van der Waals surface area contributed by atoms with Crippen LogP contribution >= 0.6 is 0 Å². The highest BCUT2D eigenvalue weighted by atomic mass is 19.1. The van der Waals surface area contributed by atoms with E-state index in [0.29, 0.717) is 31.0 Å². The Hall–Kier alpha value is -2.18. The fraction of sp³-hybridized carbons (Fsp3) is 0.364. The van der Waals surface area contributed by atoms with Gasteiger partial charge in [-0.05, 0) is 6.42 Å². The summed E-state index contributed by atoms with van der Waals surface area (Å²) in [7, 11) is 0. The summed E-state index contributed by atoms with van der Waals surface area (Å²) < 4.78 is 14.7. The van der Waals surface area contributed by atoms with Crippen molar-refractivity contribution in [3.63, 3.8) is 0 Å². The van der Waals surface area contributed by atoms with Gasteiger partial charge in [0.1, 0.15) is 12.0 Å². The number of fused-ring (bicyclic) bond motifs is 1. The van der Waals surface area contributed by atoms with E-state index in [1.807, 2.05) is 4.90 Å². The largest absolute Gasteiger partial charge is 0.476 e. The van der Waals surface area contributed by atoms with Crippen LogP contribution < -0.4 is 4.90 Å². The SMILES string of the molecule is O=C(O)c1cn2cc(N3CCC(F)C3)ncc2n1. The van der Waals surface area contributed by atoms with Crippen LogP contribution in [0.4, 0.5) is 10.2 Å². The van der Waals surface area contributed by atoms with E-state index in [4.69, 9.17) is 5.11 Å². The number of anilines is 1. The molecule has 3 heterocycles. The molecule has 0 radical (unpaired) electrons. The molecule has 0 bridgehead atoms. The minimum atomic E-state index is -1.08. The predicted octanol–water partition coefficient (Wildman–Crippen LogP) is 0.976. The number of carboxylic acids is 1. The van der Waals surface area contributed by atoms with Crippen molar-refractivity contribution in [2.24, 2.45) is 0 Å². The van der Waals surface area contributed by atoms with Crippen LogP contribution in [0.15, 0.2) is 18.6 Å². The number of rotatable bonds is 2. The van der Waals surface area contributed by atoms with Gasteiger partial charge in [-0.3, -0.25) is 0 Å². The minimum absolute atomic E-state index is 0.0289. The van der Waals surface area contributed by atoms with E-state index < -0.39 is 12.1 Å². The smallest absolute Gasteiger partial charge is 0.356 e. The molecule has 1 fully saturated rings. The Labute approximate surface area is 102 Å². The van der Waals surface area contributed by atoms with Crippen LogP contribution in [0.25, 0.3) is 5.65 Å². The predicted molar refractivity (Wildman–Crippen MR) is 61.7 cm³/mol. The molecular formula is C11H11FN4O2. The first-order chi connectivity index (χ1) is 8.63. The number of carboxylic acid groups (broad SMARTS) is 1. The number of carbonyl (C=O) groups is 1. The Bertz CT molecular complexity index is 612. The molecule has 2 aromatic rings. The summed E-state index contributed by atoms with van der Waals surface area (Å²) in [5.74, 6) is -0.442. The second-order valence-corrected chi connectivity index (χ2v) is 4.27. The van der Waals surface area contributed by atoms with Gasteiger partial charge in [0.05, 0.1) is 18.9 Å². The topological polar surface area (TPSA) is 70.7 Å². The monoisotopic (exact) mass is 250 g/mol. The van der Waals surface area contributed by atoms with Crippen molar-refractivity contribution in [2.75, 3.05) is 18.0 Å². The van der Waals surface area contributed by atoms with Gasteiger partial charge in [0.25, 0.3) is 0 Å². The van der Waals surface area contributed by atoms with Crippen molar-refractivity contribution < 1.29 is 14.3 Å². The summed E-state index contributed by atoms with van der Waals surface area (Å²) in [6.45, 7) is 0.957. The van der Waals surface area contributed by atoms with Crippen LogP contribution in [0.1, 0.15) is 16.9 Å². The third kappa shape index (κ3) is 1.77. The van der Waals surface area contributed by atoms with Gasteiger partial charge in [-0.2, -0.15) is 0 Å². The zero-order chi connectivity index (χ0) is 12.7. The number of aromatic nitrogens is 3. The van der Waals surface area contributed by atoms with Crippen LogP contribution in [0.5, 0.6) is 0 Å². The zero-order valence-electron chi connectivity index (χ0n) is 9.45. The number of hydrogen-bond acceptors (Lipinski definition) is 4. The van der Waals surface area contributed by atoms with Crippen LogP contribution in [0.2, 0.25) is 0 Å². The van der Waals surface area contributed by atoms with Crippen LogP contribution in [-0.4, -0.2) is 44.7 Å². The van der Waals surface area contributed by atoms with E-state index in [-0.39, 0.29) is 5.69 Å². The lowest BCUT2D eigenvalue weighted by molar-refractivity contribution is 0.0691. The van der Waals surface area contributed by atoms with E-state index in [9.17, 15) is 9.18 Å². The molecule has 18 heavy (non-hydrogen) atoms. The maximum absolute atomic E-state index is 13.1. The van der Waals surface area contributed by atoms with Gasteiger partial charge in [-0.25, -0.2) is 19.2 Å². The third-order valence-electron chi connectivity index (χ3n) is 3.00. The summed E-state index contributed by atoms with van der Waals surface area (Å²) in [6, 6.07) is 0.